The van der Waals surface area contributed by atoms with Crippen molar-refractivity contribution >= 4 is 11.3 Å². The molecule has 0 aliphatic heterocycles. The van der Waals surface area contributed by atoms with Crippen molar-refractivity contribution in [1.82, 2.24) is 20.1 Å². The fourth-order valence-corrected chi connectivity index (χ4v) is 3.37. The summed E-state index contributed by atoms with van der Waals surface area (Å²) >= 11 is 1.64. The number of aromatic nitrogens is 5. The zero-order valence-corrected chi connectivity index (χ0v) is 16.2. The summed E-state index contributed by atoms with van der Waals surface area (Å²) in [6, 6.07) is 20.0. The zero-order valence-electron chi connectivity index (χ0n) is 13.8. The van der Waals surface area contributed by atoms with Gasteiger partial charge in [0, 0.05) is 10.4 Å². The second kappa shape index (κ2) is 7.25. The average molecular weight is 414 g/mol. The lowest BCUT2D eigenvalue weighted by Gasteiger charge is -2.02. The third kappa shape index (κ3) is 3.25. The number of aryl methyl sites for hydroxylation is 2. The van der Waals surface area contributed by atoms with Crippen LogP contribution in [0.1, 0.15) is 10.6 Å². The van der Waals surface area contributed by atoms with Crippen molar-refractivity contribution in [2.45, 2.75) is 13.8 Å². The van der Waals surface area contributed by atoms with Crippen LogP contribution in [0.25, 0.3) is 22.2 Å². The summed E-state index contributed by atoms with van der Waals surface area (Å²) < 4.78 is 1.97. The minimum absolute atomic E-state index is 0. The molecule has 0 fully saturated rings. The van der Waals surface area contributed by atoms with E-state index < -0.39 is 0 Å². The maximum atomic E-state index is 4.71. The van der Waals surface area contributed by atoms with Crippen molar-refractivity contribution in [3.05, 3.63) is 71.2 Å². The van der Waals surface area contributed by atoms with E-state index in [1.54, 1.807) is 16.1 Å². The minimum atomic E-state index is 0. The van der Waals surface area contributed by atoms with Crippen LogP contribution < -0.4 is 21.7 Å². The van der Waals surface area contributed by atoms with Crippen molar-refractivity contribution in [3.8, 4) is 22.2 Å². The van der Waals surface area contributed by atoms with E-state index in [1.807, 2.05) is 72.3 Å². The first-order chi connectivity index (χ1) is 11.7. The molecular formula is C18H16BrN5S. The first-order valence-electron chi connectivity index (χ1n) is 7.67. The normalized spacial score (nSPS) is 10.5. The Bertz CT molecular complexity index is 903. The number of rotatable bonds is 3. The Morgan fingerprint density at radius 2 is 1.56 bits per heavy atom. The molecule has 2 heterocycles. The molecule has 0 saturated heterocycles. The summed E-state index contributed by atoms with van der Waals surface area (Å²) in [5.41, 5.74) is 2.98. The minimum Gasteiger partial charge on any atom is -1.00 e. The molecular weight excluding hydrogens is 398 g/mol. The molecule has 0 saturated carbocycles. The molecule has 5 nitrogen and oxygen atoms in total. The SMILES string of the molecule is Cc1nc(-[n+]2c(-c3ccccc3)nnn2-c2ccccc2)sc1C.[Br-]. The van der Waals surface area contributed by atoms with Gasteiger partial charge in [-0.05, 0) is 42.9 Å². The van der Waals surface area contributed by atoms with Crippen molar-refractivity contribution in [2.24, 2.45) is 0 Å². The summed E-state index contributed by atoms with van der Waals surface area (Å²) in [4.78, 5) is 7.69. The third-order valence-corrected chi connectivity index (χ3v) is 4.88. The Labute approximate surface area is 160 Å². The molecule has 0 atom stereocenters. The summed E-state index contributed by atoms with van der Waals surface area (Å²) in [7, 11) is 0. The molecule has 0 N–H and O–H groups in total. The third-order valence-electron chi connectivity index (χ3n) is 3.83. The summed E-state index contributed by atoms with van der Waals surface area (Å²) in [5.74, 6) is 0.771. The van der Waals surface area contributed by atoms with Crippen LogP contribution in [0.3, 0.4) is 0 Å². The monoisotopic (exact) mass is 413 g/mol. The molecule has 0 radical (unpaired) electrons. The molecule has 0 aliphatic carbocycles. The molecule has 126 valence electrons. The second-order valence-electron chi connectivity index (χ2n) is 5.45. The van der Waals surface area contributed by atoms with Crippen LogP contribution in [-0.2, 0) is 0 Å². The van der Waals surface area contributed by atoms with Gasteiger partial charge in [0.1, 0.15) is 16.6 Å². The molecule has 4 rings (SSSR count). The van der Waals surface area contributed by atoms with E-state index in [0.29, 0.717) is 0 Å². The predicted molar refractivity (Wildman–Crippen MR) is 93.5 cm³/mol. The second-order valence-corrected chi connectivity index (χ2v) is 6.64. The van der Waals surface area contributed by atoms with Crippen LogP contribution >= 0.6 is 11.3 Å². The van der Waals surface area contributed by atoms with Gasteiger partial charge in [-0.1, -0.05) is 52.4 Å². The standard InChI is InChI=1S/C18H16N5S.BrH/c1-13-14(2)24-18(19-13)22-17(15-9-5-3-6-10-15)20-21-23(22)16-11-7-4-8-12-16;/h3-12H,1-2H3;1H/q+1;/p-1. The van der Waals surface area contributed by atoms with Crippen LogP contribution in [0.15, 0.2) is 60.7 Å². The first kappa shape index (κ1) is 17.4. The van der Waals surface area contributed by atoms with Gasteiger partial charge >= 0.3 is 11.0 Å². The molecule has 0 amide bonds. The van der Waals surface area contributed by atoms with E-state index in [1.165, 1.54) is 4.88 Å². The van der Waals surface area contributed by atoms with Gasteiger partial charge in [0.05, 0.1) is 5.10 Å². The first-order valence-corrected chi connectivity index (χ1v) is 8.49. The van der Waals surface area contributed by atoms with Crippen molar-refractivity contribution in [1.29, 1.82) is 0 Å². The molecule has 0 aliphatic rings. The van der Waals surface area contributed by atoms with Crippen LogP contribution in [0.5, 0.6) is 0 Å². The summed E-state index contributed by atoms with van der Waals surface area (Å²) in [6.45, 7) is 4.10. The Balaban J connectivity index is 0.00000182. The lowest BCUT2D eigenvalue weighted by Crippen LogP contribution is -3.00. The highest BCUT2D eigenvalue weighted by molar-refractivity contribution is 7.13. The average Bonchev–Trinajstić information content (AvgIpc) is 3.20. The molecule has 0 spiro atoms. The molecule has 0 unspecified atom stereocenters. The topological polar surface area (TPSA) is 47.5 Å². The van der Waals surface area contributed by atoms with Crippen LogP contribution in [0.2, 0.25) is 0 Å². The Hall–Kier alpha value is -2.38. The van der Waals surface area contributed by atoms with Crippen LogP contribution in [0.4, 0.5) is 0 Å². The lowest BCUT2D eigenvalue weighted by molar-refractivity contribution is -0.669. The molecule has 25 heavy (non-hydrogen) atoms. The lowest BCUT2D eigenvalue weighted by atomic mass is 10.2. The van der Waals surface area contributed by atoms with Gasteiger partial charge < -0.3 is 17.0 Å². The van der Waals surface area contributed by atoms with E-state index in [9.17, 15) is 0 Å². The fraction of sp³-hybridized carbons (Fsp3) is 0.111. The highest BCUT2D eigenvalue weighted by atomic mass is 79.9. The van der Waals surface area contributed by atoms with Crippen LogP contribution in [-0.4, -0.2) is 20.1 Å². The van der Waals surface area contributed by atoms with Gasteiger partial charge in [-0.25, -0.2) is 0 Å². The number of hydrogen-bond acceptors (Lipinski definition) is 4. The highest BCUT2D eigenvalue weighted by Crippen LogP contribution is 2.20. The zero-order chi connectivity index (χ0) is 16.5. The molecule has 7 heteroatoms. The summed E-state index contributed by atoms with van der Waals surface area (Å²) in [6.07, 6.45) is 0. The Kier molecular flexibility index (Phi) is 5.06. The Morgan fingerprint density at radius 1 is 0.920 bits per heavy atom. The largest absolute Gasteiger partial charge is 1.00 e. The van der Waals surface area contributed by atoms with E-state index in [4.69, 9.17) is 4.98 Å². The fourth-order valence-electron chi connectivity index (χ4n) is 2.47. The van der Waals surface area contributed by atoms with Gasteiger partial charge in [0.2, 0.25) is 0 Å². The molecule has 2 aromatic carbocycles. The number of benzene rings is 2. The summed E-state index contributed by atoms with van der Waals surface area (Å²) in [5, 5.41) is 9.65. The van der Waals surface area contributed by atoms with Gasteiger partial charge in [-0.15, -0.1) is 4.98 Å². The Morgan fingerprint density at radius 3 is 2.16 bits per heavy atom. The molecule has 4 aromatic rings. The number of tetrazole rings is 1. The van der Waals surface area contributed by atoms with Gasteiger partial charge in [-0.3, -0.25) is 0 Å². The number of para-hydroxylation sites is 1. The van der Waals surface area contributed by atoms with E-state index in [-0.39, 0.29) is 17.0 Å². The molecule has 0 bridgehead atoms. The number of halogens is 1. The van der Waals surface area contributed by atoms with Gasteiger partial charge in [0.15, 0.2) is 0 Å². The van der Waals surface area contributed by atoms with Gasteiger partial charge in [0.25, 0.3) is 0 Å². The van der Waals surface area contributed by atoms with E-state index in [0.717, 1.165) is 27.9 Å². The van der Waals surface area contributed by atoms with Crippen molar-refractivity contribution in [2.75, 3.05) is 0 Å². The van der Waals surface area contributed by atoms with E-state index >= 15 is 0 Å². The van der Waals surface area contributed by atoms with E-state index in [2.05, 4.69) is 17.2 Å². The van der Waals surface area contributed by atoms with Crippen molar-refractivity contribution in [3.63, 3.8) is 0 Å². The number of thiazole rings is 1. The highest BCUT2D eigenvalue weighted by Gasteiger charge is 2.26. The predicted octanol–water partition coefficient (Wildman–Crippen LogP) is 0.288. The van der Waals surface area contributed by atoms with Crippen LogP contribution in [0, 0.1) is 13.8 Å². The number of nitrogens with zero attached hydrogens (tertiary/aromatic N) is 5. The molecule has 2 aromatic heterocycles. The number of hydrogen-bond donors (Lipinski definition) is 0. The quantitative estimate of drug-likeness (QED) is 0.453. The smallest absolute Gasteiger partial charge is 0.313 e. The maximum absolute atomic E-state index is 4.71. The maximum Gasteiger partial charge on any atom is 0.313 e. The van der Waals surface area contributed by atoms with Gasteiger partial charge in [-0.2, -0.15) is 0 Å². The van der Waals surface area contributed by atoms with Crippen molar-refractivity contribution < 1.29 is 21.7 Å².